The Morgan fingerprint density at radius 1 is 1.12 bits per heavy atom. The van der Waals surface area contributed by atoms with E-state index in [1.54, 1.807) is 24.0 Å². The first-order valence-corrected chi connectivity index (χ1v) is 8.02. The molecule has 0 aliphatic rings. The van der Waals surface area contributed by atoms with Crippen molar-refractivity contribution in [2.75, 3.05) is 18.4 Å². The van der Waals surface area contributed by atoms with Gasteiger partial charge in [-0.3, -0.25) is 14.4 Å². The summed E-state index contributed by atoms with van der Waals surface area (Å²) in [6.07, 6.45) is 1.63. The molecule has 1 aromatic carbocycles. The highest BCUT2D eigenvalue weighted by Crippen LogP contribution is 2.23. The van der Waals surface area contributed by atoms with Crippen LogP contribution >= 0.6 is 0 Å². The van der Waals surface area contributed by atoms with Crippen LogP contribution in [0.25, 0.3) is 0 Å². The van der Waals surface area contributed by atoms with Gasteiger partial charge in [0.05, 0.1) is 16.8 Å². The molecule has 1 rings (SSSR count). The largest absolute Gasteiger partial charge is 0.366 e. The third-order valence-corrected chi connectivity index (χ3v) is 3.46. The van der Waals surface area contributed by atoms with Crippen molar-refractivity contribution in [3.05, 3.63) is 41.5 Å². The lowest BCUT2D eigenvalue weighted by Gasteiger charge is -2.23. The molecule has 24 heavy (non-hydrogen) atoms. The summed E-state index contributed by atoms with van der Waals surface area (Å²) in [7, 11) is 0. The average Bonchev–Trinajstić information content (AvgIpc) is 2.53. The second-order valence-electron chi connectivity index (χ2n) is 5.62. The minimum Gasteiger partial charge on any atom is -0.366 e. The van der Waals surface area contributed by atoms with Crippen LogP contribution in [0.2, 0.25) is 0 Å². The SMILES string of the molecule is C=C(C)C(=O)Nc1c(C(N)=O)cccc1C(=O)N(CCC)CCC. The molecule has 6 heteroatoms. The fourth-order valence-electron chi connectivity index (χ4n) is 2.32. The molecule has 0 bridgehead atoms. The van der Waals surface area contributed by atoms with Crippen LogP contribution in [0.1, 0.15) is 54.3 Å². The molecular formula is C18H25N3O3. The van der Waals surface area contributed by atoms with Gasteiger partial charge in [0.2, 0.25) is 0 Å². The van der Waals surface area contributed by atoms with Crippen molar-refractivity contribution >= 4 is 23.4 Å². The summed E-state index contributed by atoms with van der Waals surface area (Å²) in [5.74, 6) is -1.41. The van der Waals surface area contributed by atoms with Crippen LogP contribution in [0.4, 0.5) is 5.69 Å². The minimum atomic E-state index is -0.709. The van der Waals surface area contributed by atoms with Crippen molar-refractivity contribution < 1.29 is 14.4 Å². The van der Waals surface area contributed by atoms with Crippen LogP contribution in [-0.2, 0) is 4.79 Å². The van der Waals surface area contributed by atoms with E-state index in [0.29, 0.717) is 13.1 Å². The molecule has 0 spiro atoms. The van der Waals surface area contributed by atoms with Crippen molar-refractivity contribution in [2.45, 2.75) is 33.6 Å². The van der Waals surface area contributed by atoms with Crippen LogP contribution < -0.4 is 11.1 Å². The van der Waals surface area contributed by atoms with Gasteiger partial charge in [-0.1, -0.05) is 26.5 Å². The zero-order valence-corrected chi connectivity index (χ0v) is 14.5. The number of benzene rings is 1. The van der Waals surface area contributed by atoms with Crippen molar-refractivity contribution in [1.29, 1.82) is 0 Å². The number of rotatable bonds is 8. The number of hydrogen-bond donors (Lipinski definition) is 2. The molecular weight excluding hydrogens is 306 g/mol. The van der Waals surface area contributed by atoms with Gasteiger partial charge in [-0.2, -0.15) is 0 Å². The lowest BCUT2D eigenvalue weighted by atomic mass is 10.0. The summed E-state index contributed by atoms with van der Waals surface area (Å²) in [4.78, 5) is 38.3. The molecule has 0 unspecified atom stereocenters. The second kappa shape index (κ2) is 8.86. The van der Waals surface area contributed by atoms with E-state index >= 15 is 0 Å². The lowest BCUT2D eigenvalue weighted by molar-refractivity contribution is -0.112. The van der Waals surface area contributed by atoms with E-state index in [1.807, 2.05) is 13.8 Å². The molecule has 3 amide bonds. The first-order chi connectivity index (χ1) is 11.3. The highest BCUT2D eigenvalue weighted by Gasteiger charge is 2.23. The van der Waals surface area contributed by atoms with Gasteiger partial charge >= 0.3 is 0 Å². The van der Waals surface area contributed by atoms with Gasteiger partial charge < -0.3 is 16.0 Å². The van der Waals surface area contributed by atoms with Gasteiger partial charge in [0.1, 0.15) is 0 Å². The topological polar surface area (TPSA) is 92.5 Å². The monoisotopic (exact) mass is 331 g/mol. The van der Waals surface area contributed by atoms with Crippen molar-refractivity contribution in [2.24, 2.45) is 5.73 Å². The number of anilines is 1. The fraction of sp³-hybridized carbons (Fsp3) is 0.389. The number of para-hydroxylation sites is 1. The smallest absolute Gasteiger partial charge is 0.255 e. The molecule has 0 fully saturated rings. The van der Waals surface area contributed by atoms with Crippen LogP contribution in [0.15, 0.2) is 30.4 Å². The molecule has 0 saturated heterocycles. The number of carbonyl (C=O) groups is 3. The zero-order chi connectivity index (χ0) is 18.3. The van der Waals surface area contributed by atoms with E-state index in [9.17, 15) is 14.4 Å². The van der Waals surface area contributed by atoms with Crippen molar-refractivity contribution in [3.8, 4) is 0 Å². The van der Waals surface area contributed by atoms with E-state index in [-0.39, 0.29) is 28.3 Å². The van der Waals surface area contributed by atoms with Gasteiger partial charge in [0, 0.05) is 18.7 Å². The highest BCUT2D eigenvalue weighted by molar-refractivity contribution is 6.13. The van der Waals surface area contributed by atoms with Crippen LogP contribution in [-0.4, -0.2) is 35.7 Å². The highest BCUT2D eigenvalue weighted by atomic mass is 16.2. The summed E-state index contributed by atoms with van der Waals surface area (Å²) in [5, 5.41) is 2.59. The first-order valence-electron chi connectivity index (χ1n) is 8.02. The maximum Gasteiger partial charge on any atom is 0.255 e. The Hall–Kier alpha value is -2.63. The van der Waals surface area contributed by atoms with Gasteiger partial charge in [-0.15, -0.1) is 0 Å². The maximum absolute atomic E-state index is 12.9. The second-order valence-corrected chi connectivity index (χ2v) is 5.62. The van der Waals surface area contributed by atoms with E-state index < -0.39 is 11.8 Å². The standard InChI is InChI=1S/C18H25N3O3/c1-5-10-21(11-6-2)18(24)14-9-7-8-13(16(19)22)15(14)20-17(23)12(3)4/h7-9H,3,5-6,10-11H2,1-2,4H3,(H2,19,22)(H,20,23). The summed E-state index contributed by atoms with van der Waals surface area (Å²) >= 11 is 0. The fourth-order valence-corrected chi connectivity index (χ4v) is 2.32. The normalized spacial score (nSPS) is 10.1. The number of primary amides is 1. The van der Waals surface area contributed by atoms with Crippen molar-refractivity contribution in [1.82, 2.24) is 4.90 Å². The Balaban J connectivity index is 3.37. The Morgan fingerprint density at radius 3 is 2.12 bits per heavy atom. The summed E-state index contributed by atoms with van der Waals surface area (Å²) < 4.78 is 0. The molecule has 0 saturated carbocycles. The van der Waals surface area contributed by atoms with Crippen LogP contribution in [0.5, 0.6) is 0 Å². The molecule has 1 aromatic rings. The van der Waals surface area contributed by atoms with E-state index in [2.05, 4.69) is 11.9 Å². The van der Waals surface area contributed by atoms with Crippen molar-refractivity contribution in [3.63, 3.8) is 0 Å². The van der Waals surface area contributed by atoms with Crippen LogP contribution in [0, 0.1) is 0 Å². The molecule has 0 atom stereocenters. The van der Waals surface area contributed by atoms with Gasteiger partial charge in [-0.25, -0.2) is 0 Å². The third-order valence-electron chi connectivity index (χ3n) is 3.46. The summed E-state index contributed by atoms with van der Waals surface area (Å²) in [5.41, 5.74) is 6.15. The number of nitrogens with two attached hydrogens (primary N) is 1. The maximum atomic E-state index is 12.9. The average molecular weight is 331 g/mol. The predicted octanol–water partition coefficient (Wildman–Crippen LogP) is 2.56. The van der Waals surface area contributed by atoms with Gasteiger partial charge in [-0.05, 0) is 31.9 Å². The van der Waals surface area contributed by atoms with Gasteiger partial charge in [0.15, 0.2) is 0 Å². The summed E-state index contributed by atoms with van der Waals surface area (Å²) in [6.45, 7) is 10.3. The third kappa shape index (κ3) is 4.68. The molecule has 0 aliphatic heterocycles. The summed E-state index contributed by atoms with van der Waals surface area (Å²) in [6, 6.07) is 4.65. The van der Waals surface area contributed by atoms with E-state index in [1.165, 1.54) is 6.07 Å². The predicted molar refractivity (Wildman–Crippen MR) is 94.9 cm³/mol. The lowest BCUT2D eigenvalue weighted by Crippen LogP contribution is -2.34. The molecule has 130 valence electrons. The van der Waals surface area contributed by atoms with E-state index in [0.717, 1.165) is 12.8 Å². The quantitative estimate of drug-likeness (QED) is 0.717. The number of carbonyl (C=O) groups excluding carboxylic acids is 3. The molecule has 0 radical (unpaired) electrons. The number of nitrogens with zero attached hydrogens (tertiary/aromatic N) is 1. The Bertz CT molecular complexity index is 647. The first kappa shape index (κ1) is 19.4. The molecule has 3 N–H and O–H groups in total. The number of amides is 3. The molecule has 0 aliphatic carbocycles. The number of nitrogens with one attached hydrogen (secondary N) is 1. The zero-order valence-electron chi connectivity index (χ0n) is 14.5. The van der Waals surface area contributed by atoms with Gasteiger partial charge in [0.25, 0.3) is 17.7 Å². The molecule has 0 heterocycles. The van der Waals surface area contributed by atoms with E-state index in [4.69, 9.17) is 5.73 Å². The Morgan fingerprint density at radius 2 is 1.67 bits per heavy atom. The molecule has 0 aromatic heterocycles. The number of hydrogen-bond acceptors (Lipinski definition) is 3. The molecule has 6 nitrogen and oxygen atoms in total. The minimum absolute atomic E-state index is 0.100. The Kier molecular flexibility index (Phi) is 7.17. The Labute approximate surface area is 142 Å². The van der Waals surface area contributed by atoms with Crippen LogP contribution in [0.3, 0.4) is 0 Å².